The number of piperazine rings is 1. The van der Waals surface area contributed by atoms with Crippen molar-refractivity contribution in [3.8, 4) is 0 Å². The lowest BCUT2D eigenvalue weighted by atomic mass is 9.88. The molecule has 1 aliphatic carbocycles. The largest absolute Gasteiger partial charge is 0.340 e. The van der Waals surface area contributed by atoms with E-state index in [0.717, 1.165) is 25.7 Å². The first-order valence-corrected chi connectivity index (χ1v) is 11.0. The number of amides is 1. The summed E-state index contributed by atoms with van der Waals surface area (Å²) in [6, 6.07) is 7.02. The Balaban J connectivity index is 1.57. The maximum atomic E-state index is 12.6. The molecule has 1 saturated carbocycles. The Morgan fingerprint density at radius 3 is 2.32 bits per heavy atom. The lowest BCUT2D eigenvalue weighted by Crippen LogP contribution is -2.52. The number of hydrogen-bond acceptors (Lipinski definition) is 3. The first-order chi connectivity index (χ1) is 12.0. The van der Waals surface area contributed by atoms with Crippen LogP contribution in [0.3, 0.4) is 0 Å². The summed E-state index contributed by atoms with van der Waals surface area (Å²) < 4.78 is 26.8. The van der Waals surface area contributed by atoms with E-state index >= 15 is 0 Å². The third-order valence-electron chi connectivity index (χ3n) is 5.19. The van der Waals surface area contributed by atoms with Crippen LogP contribution in [0, 0.1) is 5.92 Å². The van der Waals surface area contributed by atoms with E-state index < -0.39 is 10.0 Å². The molecule has 1 aromatic rings. The van der Waals surface area contributed by atoms with Crippen LogP contribution in [0.4, 0.5) is 0 Å². The molecule has 3 rings (SSSR count). The third-order valence-corrected chi connectivity index (χ3v) is 7.39. The van der Waals surface area contributed by atoms with Crippen LogP contribution in [-0.4, -0.2) is 49.7 Å². The van der Waals surface area contributed by atoms with Gasteiger partial charge in [-0.1, -0.05) is 49.1 Å². The quantitative estimate of drug-likeness (QED) is 0.802. The van der Waals surface area contributed by atoms with E-state index in [0.29, 0.717) is 36.8 Å². The van der Waals surface area contributed by atoms with Gasteiger partial charge in [-0.15, -0.1) is 0 Å². The highest BCUT2D eigenvalue weighted by molar-refractivity contribution is 7.88. The van der Waals surface area contributed by atoms with Gasteiger partial charge in [-0.25, -0.2) is 8.42 Å². The van der Waals surface area contributed by atoms with Gasteiger partial charge in [-0.2, -0.15) is 4.31 Å². The zero-order chi connectivity index (χ0) is 17.9. The van der Waals surface area contributed by atoms with Crippen molar-refractivity contribution in [2.75, 3.05) is 26.2 Å². The molecule has 2 aliphatic rings. The summed E-state index contributed by atoms with van der Waals surface area (Å²) >= 11 is 6.08. The highest BCUT2D eigenvalue weighted by atomic mass is 35.5. The van der Waals surface area contributed by atoms with E-state index in [9.17, 15) is 13.2 Å². The van der Waals surface area contributed by atoms with Gasteiger partial charge in [0, 0.05) is 37.1 Å². The van der Waals surface area contributed by atoms with Crippen LogP contribution in [0.15, 0.2) is 24.3 Å². The second-order valence-corrected chi connectivity index (χ2v) is 9.28. The zero-order valence-corrected chi connectivity index (χ0v) is 15.9. The molecule has 0 bridgehead atoms. The summed E-state index contributed by atoms with van der Waals surface area (Å²) in [5.41, 5.74) is 0.616. The van der Waals surface area contributed by atoms with E-state index in [-0.39, 0.29) is 17.6 Å². The van der Waals surface area contributed by atoms with Gasteiger partial charge >= 0.3 is 0 Å². The lowest BCUT2D eigenvalue weighted by molar-refractivity contribution is -0.137. The number of carbonyl (C=O) groups is 1. The monoisotopic (exact) mass is 384 g/mol. The Morgan fingerprint density at radius 2 is 1.68 bits per heavy atom. The number of halogens is 1. The summed E-state index contributed by atoms with van der Waals surface area (Å²) in [6.45, 7) is 1.70. The summed E-state index contributed by atoms with van der Waals surface area (Å²) in [5, 5.41) is 0.470. The van der Waals surface area contributed by atoms with Gasteiger partial charge in [0.2, 0.25) is 15.9 Å². The molecular weight excluding hydrogens is 360 g/mol. The molecule has 2 fully saturated rings. The van der Waals surface area contributed by atoms with Crippen molar-refractivity contribution in [2.45, 2.75) is 37.9 Å². The van der Waals surface area contributed by atoms with E-state index in [2.05, 4.69) is 0 Å². The van der Waals surface area contributed by atoms with Gasteiger partial charge in [-0.05, 0) is 24.5 Å². The van der Waals surface area contributed by atoms with Crippen molar-refractivity contribution in [1.82, 2.24) is 9.21 Å². The fourth-order valence-electron chi connectivity index (χ4n) is 3.70. The standard InChI is InChI=1S/C18H25ClN2O3S/c19-17-9-5-4-8-16(17)14-25(23,24)21-12-10-20(11-13-21)18(22)15-6-2-1-3-7-15/h4-5,8-9,15H,1-3,6-7,10-14H2. The van der Waals surface area contributed by atoms with Crippen LogP contribution >= 0.6 is 11.6 Å². The topological polar surface area (TPSA) is 57.7 Å². The van der Waals surface area contributed by atoms with Crippen LogP contribution in [0.25, 0.3) is 0 Å². The summed E-state index contributed by atoms with van der Waals surface area (Å²) in [6.07, 6.45) is 5.43. The maximum Gasteiger partial charge on any atom is 0.225 e. The molecule has 0 radical (unpaired) electrons. The second kappa shape index (κ2) is 8.06. The molecule has 1 heterocycles. The summed E-state index contributed by atoms with van der Waals surface area (Å²) in [5.74, 6) is 0.256. The SMILES string of the molecule is O=C(C1CCCCC1)N1CCN(S(=O)(=O)Cc2ccccc2Cl)CC1. The van der Waals surface area contributed by atoms with Gasteiger partial charge in [-0.3, -0.25) is 4.79 Å². The average Bonchev–Trinajstić information content (AvgIpc) is 2.64. The normalized spacial score (nSPS) is 20.6. The van der Waals surface area contributed by atoms with Crippen molar-refractivity contribution >= 4 is 27.5 Å². The first-order valence-electron chi connectivity index (χ1n) is 8.97. The molecule has 0 spiro atoms. The highest BCUT2D eigenvalue weighted by Gasteiger charge is 2.32. The summed E-state index contributed by atoms with van der Waals surface area (Å²) in [7, 11) is -3.42. The van der Waals surface area contributed by atoms with Crippen LogP contribution in [0.2, 0.25) is 5.02 Å². The van der Waals surface area contributed by atoms with Crippen LogP contribution in [-0.2, 0) is 20.6 Å². The van der Waals surface area contributed by atoms with Crippen LogP contribution in [0.1, 0.15) is 37.7 Å². The van der Waals surface area contributed by atoms with Gasteiger partial charge < -0.3 is 4.90 Å². The number of benzene rings is 1. The molecule has 0 unspecified atom stereocenters. The van der Waals surface area contributed by atoms with Crippen LogP contribution < -0.4 is 0 Å². The molecule has 0 aromatic heterocycles. The molecule has 0 N–H and O–H groups in total. The Hall–Kier alpha value is -1.11. The van der Waals surface area contributed by atoms with E-state index in [4.69, 9.17) is 11.6 Å². The smallest absolute Gasteiger partial charge is 0.225 e. The van der Waals surface area contributed by atoms with Crippen molar-refractivity contribution in [2.24, 2.45) is 5.92 Å². The molecule has 7 heteroatoms. The van der Waals surface area contributed by atoms with Crippen LogP contribution in [0.5, 0.6) is 0 Å². The molecule has 25 heavy (non-hydrogen) atoms. The van der Waals surface area contributed by atoms with Gasteiger partial charge in [0.25, 0.3) is 0 Å². The number of rotatable bonds is 4. The minimum Gasteiger partial charge on any atom is -0.340 e. The Morgan fingerprint density at radius 1 is 1.04 bits per heavy atom. The molecule has 1 aliphatic heterocycles. The molecule has 138 valence electrons. The third kappa shape index (κ3) is 4.54. The molecule has 5 nitrogen and oxygen atoms in total. The Labute approximate surface area is 155 Å². The number of hydrogen-bond donors (Lipinski definition) is 0. The fraction of sp³-hybridized carbons (Fsp3) is 0.611. The number of sulfonamides is 1. The zero-order valence-electron chi connectivity index (χ0n) is 14.4. The van der Waals surface area contributed by atoms with Crippen molar-refractivity contribution in [1.29, 1.82) is 0 Å². The maximum absolute atomic E-state index is 12.6. The van der Waals surface area contributed by atoms with E-state index in [1.54, 1.807) is 24.3 Å². The number of nitrogens with zero attached hydrogens (tertiary/aromatic N) is 2. The van der Waals surface area contributed by atoms with Gasteiger partial charge in [0.05, 0.1) is 5.75 Å². The van der Waals surface area contributed by atoms with Gasteiger partial charge in [0.15, 0.2) is 0 Å². The second-order valence-electron chi connectivity index (χ2n) is 6.91. The molecule has 1 amide bonds. The Kier molecular flexibility index (Phi) is 6.02. The Bertz CT molecular complexity index is 709. The average molecular weight is 385 g/mol. The molecule has 1 saturated heterocycles. The summed E-state index contributed by atoms with van der Waals surface area (Å²) in [4.78, 5) is 14.4. The van der Waals surface area contributed by atoms with Crippen molar-refractivity contribution < 1.29 is 13.2 Å². The molecular formula is C18H25ClN2O3S. The van der Waals surface area contributed by atoms with Gasteiger partial charge in [0.1, 0.15) is 0 Å². The minimum atomic E-state index is -3.42. The highest BCUT2D eigenvalue weighted by Crippen LogP contribution is 2.26. The van der Waals surface area contributed by atoms with E-state index in [1.165, 1.54) is 10.7 Å². The molecule has 1 aromatic carbocycles. The minimum absolute atomic E-state index is 0.0940. The fourth-order valence-corrected chi connectivity index (χ4v) is 5.53. The van der Waals surface area contributed by atoms with Crippen molar-refractivity contribution in [3.05, 3.63) is 34.9 Å². The predicted octanol–water partition coefficient (Wildman–Crippen LogP) is 2.89. The van der Waals surface area contributed by atoms with Crippen molar-refractivity contribution in [3.63, 3.8) is 0 Å². The molecule has 0 atom stereocenters. The first kappa shape index (κ1) is 18.7. The predicted molar refractivity (Wildman–Crippen MR) is 98.8 cm³/mol. The lowest BCUT2D eigenvalue weighted by Gasteiger charge is -2.36. The number of carbonyl (C=O) groups excluding carboxylic acids is 1. The van der Waals surface area contributed by atoms with E-state index in [1.807, 2.05) is 4.90 Å².